The van der Waals surface area contributed by atoms with Crippen LogP contribution in [0.3, 0.4) is 0 Å². The van der Waals surface area contributed by atoms with Gasteiger partial charge in [-0.3, -0.25) is 0 Å². The summed E-state index contributed by atoms with van der Waals surface area (Å²) in [5.74, 6) is 1.37. The van der Waals surface area contributed by atoms with Gasteiger partial charge in [-0.05, 0) is 26.8 Å². The molecule has 0 saturated heterocycles. The molecule has 0 aliphatic carbocycles. The van der Waals surface area contributed by atoms with Crippen LogP contribution in [0.5, 0.6) is 0 Å². The summed E-state index contributed by atoms with van der Waals surface area (Å²) < 4.78 is 0. The molecule has 0 aliphatic heterocycles. The van der Waals surface area contributed by atoms with Crippen LogP contribution in [0.25, 0.3) is 0 Å². The van der Waals surface area contributed by atoms with E-state index in [1.165, 1.54) is 0 Å². The Morgan fingerprint density at radius 3 is 2.10 bits per heavy atom. The first-order chi connectivity index (χ1) is 4.57. The molecule has 1 atom stereocenters. The molecule has 0 aromatic heterocycles. The van der Waals surface area contributed by atoms with Gasteiger partial charge in [0, 0.05) is 18.5 Å². The molecule has 2 heteroatoms. The molecule has 0 N–H and O–H groups in total. The van der Waals surface area contributed by atoms with E-state index in [0.717, 1.165) is 12.4 Å². The van der Waals surface area contributed by atoms with Gasteiger partial charge in [0.1, 0.15) is 0 Å². The first kappa shape index (κ1) is 10.2. The quantitative estimate of drug-likeness (QED) is 0.575. The highest BCUT2D eigenvalue weighted by molar-refractivity contribution is 6.18. The summed E-state index contributed by atoms with van der Waals surface area (Å²) in [6.45, 7) is 7.66. The van der Waals surface area contributed by atoms with Gasteiger partial charge in [-0.25, -0.2) is 0 Å². The molecule has 0 fully saturated rings. The van der Waals surface area contributed by atoms with Crippen LogP contribution in [0.15, 0.2) is 0 Å². The zero-order valence-corrected chi connectivity index (χ0v) is 8.15. The summed E-state index contributed by atoms with van der Waals surface area (Å²) in [7, 11) is 2.13. The van der Waals surface area contributed by atoms with Crippen molar-refractivity contribution in [3.63, 3.8) is 0 Å². The van der Waals surface area contributed by atoms with Crippen molar-refractivity contribution in [3.05, 3.63) is 0 Å². The van der Waals surface area contributed by atoms with Crippen molar-refractivity contribution in [2.24, 2.45) is 5.92 Å². The molecule has 62 valence electrons. The first-order valence-corrected chi connectivity index (χ1v) is 4.37. The van der Waals surface area contributed by atoms with Crippen molar-refractivity contribution in [3.8, 4) is 0 Å². The van der Waals surface area contributed by atoms with Gasteiger partial charge < -0.3 is 4.90 Å². The lowest BCUT2D eigenvalue weighted by Gasteiger charge is -2.23. The molecule has 10 heavy (non-hydrogen) atoms. The lowest BCUT2D eigenvalue weighted by Crippen LogP contribution is -2.31. The summed E-state index contributed by atoms with van der Waals surface area (Å²) in [4.78, 5) is 2.31. The summed E-state index contributed by atoms with van der Waals surface area (Å²) in [5.41, 5.74) is 0. The lowest BCUT2D eigenvalue weighted by atomic mass is 10.2. The molecule has 0 aromatic carbocycles. The minimum absolute atomic E-state index is 0.606. The van der Waals surface area contributed by atoms with E-state index in [1.807, 2.05) is 0 Å². The van der Waals surface area contributed by atoms with Gasteiger partial charge in [0.05, 0.1) is 0 Å². The molecule has 0 aromatic rings. The van der Waals surface area contributed by atoms with E-state index in [1.54, 1.807) is 0 Å². The number of rotatable bonds is 4. The smallest absolute Gasteiger partial charge is 0.0261 e. The maximum absolute atomic E-state index is 5.67. The standard InChI is InChI=1S/C8H18ClN/c1-7(2)10(4)6-8(3)5-9/h7-8H,5-6H2,1-4H3. The Morgan fingerprint density at radius 2 is 1.80 bits per heavy atom. The molecule has 0 heterocycles. The van der Waals surface area contributed by atoms with E-state index in [2.05, 4.69) is 32.7 Å². The van der Waals surface area contributed by atoms with Crippen molar-refractivity contribution in [1.29, 1.82) is 0 Å². The van der Waals surface area contributed by atoms with Crippen LogP contribution < -0.4 is 0 Å². The molecule has 0 spiro atoms. The molecule has 1 unspecified atom stereocenters. The van der Waals surface area contributed by atoms with Crippen molar-refractivity contribution < 1.29 is 0 Å². The highest BCUT2D eigenvalue weighted by atomic mass is 35.5. The van der Waals surface area contributed by atoms with Crippen LogP contribution in [-0.2, 0) is 0 Å². The van der Waals surface area contributed by atoms with Crippen LogP contribution in [0, 0.1) is 5.92 Å². The minimum Gasteiger partial charge on any atom is -0.304 e. The first-order valence-electron chi connectivity index (χ1n) is 3.84. The predicted molar refractivity (Wildman–Crippen MR) is 47.7 cm³/mol. The lowest BCUT2D eigenvalue weighted by molar-refractivity contribution is 0.245. The second kappa shape index (κ2) is 4.97. The average Bonchev–Trinajstić information content (AvgIpc) is 1.87. The summed E-state index contributed by atoms with van der Waals surface area (Å²) in [6.07, 6.45) is 0. The monoisotopic (exact) mass is 163 g/mol. The zero-order valence-electron chi connectivity index (χ0n) is 7.39. The topological polar surface area (TPSA) is 3.24 Å². The van der Waals surface area contributed by atoms with E-state index in [9.17, 15) is 0 Å². The fourth-order valence-corrected chi connectivity index (χ4v) is 0.849. The van der Waals surface area contributed by atoms with Crippen LogP contribution in [0.4, 0.5) is 0 Å². The molecule has 0 bridgehead atoms. The summed E-state index contributed by atoms with van der Waals surface area (Å²) >= 11 is 5.67. The average molecular weight is 164 g/mol. The number of hydrogen-bond acceptors (Lipinski definition) is 1. The number of alkyl halides is 1. The minimum atomic E-state index is 0.606. The van der Waals surface area contributed by atoms with Gasteiger partial charge >= 0.3 is 0 Å². The third-order valence-corrected chi connectivity index (χ3v) is 2.27. The van der Waals surface area contributed by atoms with E-state index in [0.29, 0.717) is 12.0 Å². The molecular formula is C8H18ClN. The predicted octanol–water partition coefficient (Wildman–Crippen LogP) is 2.20. The summed E-state index contributed by atoms with van der Waals surface area (Å²) in [6, 6.07) is 0.630. The fraction of sp³-hybridized carbons (Fsp3) is 1.00. The van der Waals surface area contributed by atoms with Crippen LogP contribution in [-0.4, -0.2) is 30.4 Å². The largest absolute Gasteiger partial charge is 0.304 e. The van der Waals surface area contributed by atoms with Gasteiger partial charge in [-0.1, -0.05) is 6.92 Å². The van der Waals surface area contributed by atoms with Crippen molar-refractivity contribution in [2.45, 2.75) is 26.8 Å². The number of hydrogen-bond donors (Lipinski definition) is 0. The maximum atomic E-state index is 5.67. The Morgan fingerprint density at radius 1 is 1.30 bits per heavy atom. The normalized spacial score (nSPS) is 14.7. The molecule has 0 saturated carbocycles. The Hall–Kier alpha value is 0.250. The molecule has 0 rings (SSSR count). The summed E-state index contributed by atoms with van der Waals surface area (Å²) in [5, 5.41) is 0. The SMILES string of the molecule is CC(CCl)CN(C)C(C)C. The van der Waals surface area contributed by atoms with Gasteiger partial charge in [-0.2, -0.15) is 0 Å². The second-order valence-electron chi connectivity index (χ2n) is 3.29. The number of halogens is 1. The Bertz CT molecular complexity index is 83.3. The van der Waals surface area contributed by atoms with Crippen molar-refractivity contribution in [1.82, 2.24) is 4.90 Å². The van der Waals surface area contributed by atoms with Gasteiger partial charge in [0.2, 0.25) is 0 Å². The molecular weight excluding hydrogens is 146 g/mol. The van der Waals surface area contributed by atoms with E-state index >= 15 is 0 Å². The number of nitrogens with zero attached hydrogens (tertiary/aromatic N) is 1. The second-order valence-corrected chi connectivity index (χ2v) is 3.60. The van der Waals surface area contributed by atoms with Gasteiger partial charge in [-0.15, -0.1) is 11.6 Å². The highest BCUT2D eigenvalue weighted by Crippen LogP contribution is 2.02. The van der Waals surface area contributed by atoms with Gasteiger partial charge in [0.25, 0.3) is 0 Å². The third-order valence-electron chi connectivity index (χ3n) is 1.74. The fourth-order valence-electron chi connectivity index (χ4n) is 0.751. The zero-order chi connectivity index (χ0) is 8.15. The van der Waals surface area contributed by atoms with Crippen LogP contribution in [0.1, 0.15) is 20.8 Å². The molecule has 0 aliphatic rings. The molecule has 0 radical (unpaired) electrons. The van der Waals surface area contributed by atoms with Crippen molar-refractivity contribution >= 4 is 11.6 Å². The van der Waals surface area contributed by atoms with Gasteiger partial charge in [0.15, 0.2) is 0 Å². The highest BCUT2D eigenvalue weighted by Gasteiger charge is 2.06. The molecule has 1 nitrogen and oxygen atoms in total. The van der Waals surface area contributed by atoms with E-state index < -0.39 is 0 Å². The maximum Gasteiger partial charge on any atom is 0.0261 e. The van der Waals surface area contributed by atoms with E-state index in [-0.39, 0.29) is 0 Å². The Labute approximate surface area is 69.4 Å². The van der Waals surface area contributed by atoms with Crippen LogP contribution >= 0.6 is 11.6 Å². The molecule has 0 amide bonds. The van der Waals surface area contributed by atoms with Crippen LogP contribution in [0.2, 0.25) is 0 Å². The third kappa shape index (κ3) is 4.13. The Kier molecular flexibility index (Phi) is 5.10. The Balaban J connectivity index is 3.46. The van der Waals surface area contributed by atoms with E-state index in [4.69, 9.17) is 11.6 Å². The van der Waals surface area contributed by atoms with Crippen molar-refractivity contribution in [2.75, 3.05) is 19.5 Å².